The molecule has 0 aromatic rings. The first-order chi connectivity index (χ1) is 6.68. The first-order valence-electron chi connectivity index (χ1n) is 5.67. The molecule has 1 heterocycles. The molecule has 0 bridgehead atoms. The van der Waals surface area contributed by atoms with Crippen molar-refractivity contribution >= 4 is 0 Å². The fourth-order valence-corrected chi connectivity index (χ4v) is 1.70. The molecule has 1 aliphatic rings. The van der Waals surface area contributed by atoms with Gasteiger partial charge in [-0.25, -0.2) is 0 Å². The van der Waals surface area contributed by atoms with Crippen molar-refractivity contribution in [3.8, 4) is 0 Å². The van der Waals surface area contributed by atoms with E-state index in [9.17, 15) is 0 Å². The van der Waals surface area contributed by atoms with Gasteiger partial charge in [0.1, 0.15) is 0 Å². The maximum Gasteiger partial charge on any atom is 0.159 e. The standard InChI is InChI=1S/C11H23NO2/c1-9(2)4-3-5-10(12)8-11-13-6-7-14-11/h9-11H,3-8,12H2,1-2H3. The van der Waals surface area contributed by atoms with Crippen LogP contribution in [0.3, 0.4) is 0 Å². The summed E-state index contributed by atoms with van der Waals surface area (Å²) in [6.07, 6.45) is 4.37. The van der Waals surface area contributed by atoms with Crippen LogP contribution in [0, 0.1) is 5.92 Å². The van der Waals surface area contributed by atoms with Gasteiger partial charge in [0.15, 0.2) is 6.29 Å². The van der Waals surface area contributed by atoms with Crippen LogP contribution in [-0.4, -0.2) is 25.5 Å². The Morgan fingerprint density at radius 1 is 1.21 bits per heavy atom. The second-order valence-electron chi connectivity index (χ2n) is 4.49. The van der Waals surface area contributed by atoms with Gasteiger partial charge in [0, 0.05) is 12.5 Å². The van der Waals surface area contributed by atoms with Crippen molar-refractivity contribution in [3.05, 3.63) is 0 Å². The highest BCUT2D eigenvalue weighted by Gasteiger charge is 2.18. The normalized spacial score (nSPS) is 20.6. The Balaban J connectivity index is 2.00. The predicted octanol–water partition coefficient (Wildman–Crippen LogP) is 1.90. The Morgan fingerprint density at radius 2 is 1.86 bits per heavy atom. The van der Waals surface area contributed by atoms with Crippen molar-refractivity contribution in [2.24, 2.45) is 11.7 Å². The second-order valence-corrected chi connectivity index (χ2v) is 4.49. The van der Waals surface area contributed by atoms with Crippen LogP contribution < -0.4 is 5.73 Å². The molecule has 3 nitrogen and oxygen atoms in total. The van der Waals surface area contributed by atoms with Gasteiger partial charge < -0.3 is 15.2 Å². The van der Waals surface area contributed by atoms with Crippen LogP contribution in [0.25, 0.3) is 0 Å². The smallest absolute Gasteiger partial charge is 0.159 e. The van der Waals surface area contributed by atoms with Gasteiger partial charge in [-0.2, -0.15) is 0 Å². The fraction of sp³-hybridized carbons (Fsp3) is 1.00. The van der Waals surface area contributed by atoms with E-state index in [1.54, 1.807) is 0 Å². The molecule has 2 N–H and O–H groups in total. The van der Waals surface area contributed by atoms with E-state index < -0.39 is 0 Å². The van der Waals surface area contributed by atoms with E-state index >= 15 is 0 Å². The van der Waals surface area contributed by atoms with E-state index in [1.165, 1.54) is 12.8 Å². The molecule has 1 unspecified atom stereocenters. The average molecular weight is 201 g/mol. The molecular weight excluding hydrogens is 178 g/mol. The lowest BCUT2D eigenvalue weighted by molar-refractivity contribution is -0.0510. The summed E-state index contributed by atoms with van der Waals surface area (Å²) in [6, 6.07) is 0.233. The Morgan fingerprint density at radius 3 is 2.43 bits per heavy atom. The summed E-state index contributed by atoms with van der Waals surface area (Å²) < 4.78 is 10.7. The van der Waals surface area contributed by atoms with E-state index in [2.05, 4.69) is 13.8 Å². The molecule has 1 rings (SSSR count). The third-order valence-electron chi connectivity index (χ3n) is 2.54. The van der Waals surface area contributed by atoms with Crippen molar-refractivity contribution in [3.63, 3.8) is 0 Å². The molecule has 0 radical (unpaired) electrons. The van der Waals surface area contributed by atoms with Crippen LogP contribution in [0.5, 0.6) is 0 Å². The number of nitrogens with two attached hydrogens (primary N) is 1. The molecule has 3 heteroatoms. The van der Waals surface area contributed by atoms with Gasteiger partial charge in [0.2, 0.25) is 0 Å². The summed E-state index contributed by atoms with van der Waals surface area (Å²) in [4.78, 5) is 0. The fourth-order valence-electron chi connectivity index (χ4n) is 1.70. The lowest BCUT2D eigenvalue weighted by atomic mass is 10.0. The predicted molar refractivity (Wildman–Crippen MR) is 57.0 cm³/mol. The van der Waals surface area contributed by atoms with Gasteiger partial charge in [-0.1, -0.05) is 26.7 Å². The Hall–Kier alpha value is -0.120. The summed E-state index contributed by atoms with van der Waals surface area (Å²) >= 11 is 0. The van der Waals surface area contributed by atoms with E-state index in [0.717, 1.165) is 32.0 Å². The zero-order chi connectivity index (χ0) is 10.4. The molecule has 0 aromatic heterocycles. The Labute approximate surface area is 86.9 Å². The lowest BCUT2D eigenvalue weighted by Crippen LogP contribution is -2.26. The van der Waals surface area contributed by atoms with Crippen LogP contribution in [0.15, 0.2) is 0 Å². The monoisotopic (exact) mass is 201 g/mol. The molecule has 1 aliphatic heterocycles. The summed E-state index contributed by atoms with van der Waals surface area (Å²) in [6.45, 7) is 5.94. The first-order valence-corrected chi connectivity index (χ1v) is 5.67. The van der Waals surface area contributed by atoms with E-state index in [-0.39, 0.29) is 12.3 Å². The third kappa shape index (κ3) is 4.94. The molecule has 84 valence electrons. The van der Waals surface area contributed by atoms with Crippen LogP contribution >= 0.6 is 0 Å². The van der Waals surface area contributed by atoms with Gasteiger partial charge >= 0.3 is 0 Å². The largest absolute Gasteiger partial charge is 0.350 e. The summed E-state index contributed by atoms with van der Waals surface area (Å²) in [5.74, 6) is 0.779. The van der Waals surface area contributed by atoms with Crippen LogP contribution in [0.1, 0.15) is 39.5 Å². The molecule has 0 saturated carbocycles. The molecule has 0 spiro atoms. The molecule has 1 saturated heterocycles. The molecule has 0 amide bonds. The van der Waals surface area contributed by atoms with E-state index in [1.807, 2.05) is 0 Å². The van der Waals surface area contributed by atoms with E-state index in [0.29, 0.717) is 0 Å². The van der Waals surface area contributed by atoms with Gasteiger partial charge in [-0.05, 0) is 12.3 Å². The Bertz CT molecular complexity index is 144. The zero-order valence-corrected chi connectivity index (χ0v) is 9.37. The van der Waals surface area contributed by atoms with Gasteiger partial charge in [-0.3, -0.25) is 0 Å². The molecule has 1 fully saturated rings. The average Bonchev–Trinajstić information content (AvgIpc) is 2.56. The van der Waals surface area contributed by atoms with Crippen molar-refractivity contribution in [1.82, 2.24) is 0 Å². The molecule has 1 atom stereocenters. The van der Waals surface area contributed by atoms with Crippen LogP contribution in [0.4, 0.5) is 0 Å². The van der Waals surface area contributed by atoms with Crippen molar-refractivity contribution in [2.45, 2.75) is 51.9 Å². The maximum absolute atomic E-state index is 5.98. The quantitative estimate of drug-likeness (QED) is 0.714. The zero-order valence-electron chi connectivity index (χ0n) is 9.37. The minimum Gasteiger partial charge on any atom is -0.350 e. The third-order valence-corrected chi connectivity index (χ3v) is 2.54. The minimum atomic E-state index is -0.0379. The maximum atomic E-state index is 5.98. The number of ether oxygens (including phenoxy) is 2. The molecule has 0 aliphatic carbocycles. The van der Waals surface area contributed by atoms with E-state index in [4.69, 9.17) is 15.2 Å². The lowest BCUT2D eigenvalue weighted by Gasteiger charge is -2.15. The summed E-state index contributed by atoms with van der Waals surface area (Å²) in [5, 5.41) is 0. The molecule has 14 heavy (non-hydrogen) atoms. The molecule has 0 aromatic carbocycles. The number of hydrogen-bond acceptors (Lipinski definition) is 3. The highest BCUT2D eigenvalue weighted by molar-refractivity contribution is 4.66. The Kier molecular flexibility index (Phi) is 5.45. The topological polar surface area (TPSA) is 44.5 Å². The van der Waals surface area contributed by atoms with Gasteiger partial charge in [0.05, 0.1) is 13.2 Å². The highest BCUT2D eigenvalue weighted by atomic mass is 16.7. The highest BCUT2D eigenvalue weighted by Crippen LogP contribution is 2.14. The van der Waals surface area contributed by atoms with Crippen molar-refractivity contribution < 1.29 is 9.47 Å². The first kappa shape index (κ1) is 12.0. The SMILES string of the molecule is CC(C)CCCC(N)CC1OCCO1. The molecular formula is C11H23NO2. The van der Waals surface area contributed by atoms with Gasteiger partial charge in [-0.15, -0.1) is 0 Å². The number of rotatable bonds is 6. The number of hydrogen-bond donors (Lipinski definition) is 1. The second kappa shape index (κ2) is 6.38. The van der Waals surface area contributed by atoms with Crippen molar-refractivity contribution in [1.29, 1.82) is 0 Å². The van der Waals surface area contributed by atoms with Crippen LogP contribution in [-0.2, 0) is 9.47 Å². The minimum absolute atomic E-state index is 0.0379. The van der Waals surface area contributed by atoms with Crippen LogP contribution in [0.2, 0.25) is 0 Å². The van der Waals surface area contributed by atoms with Crippen molar-refractivity contribution in [2.75, 3.05) is 13.2 Å². The van der Waals surface area contributed by atoms with Gasteiger partial charge in [0.25, 0.3) is 0 Å². The summed E-state index contributed by atoms with van der Waals surface area (Å²) in [7, 11) is 0. The summed E-state index contributed by atoms with van der Waals surface area (Å²) in [5.41, 5.74) is 5.98.